The lowest BCUT2D eigenvalue weighted by molar-refractivity contribution is 0.0356. The molecule has 6 rings (SSSR count). The molecule has 0 spiro atoms. The van der Waals surface area contributed by atoms with Crippen molar-refractivity contribution in [1.29, 1.82) is 0 Å². The third-order valence-electron chi connectivity index (χ3n) is 6.93. The zero-order valence-corrected chi connectivity index (χ0v) is 22.4. The minimum absolute atomic E-state index is 0.411. The minimum Gasteiger partial charge on any atom is -0.446 e. The molecule has 1 heterocycles. The van der Waals surface area contributed by atoms with Crippen molar-refractivity contribution < 1.29 is 9.53 Å². The third-order valence-corrected chi connectivity index (χ3v) is 7.62. The summed E-state index contributed by atoms with van der Waals surface area (Å²) < 4.78 is 9.14. The molecule has 1 aromatic heterocycles. The molecule has 0 amide bonds. The van der Waals surface area contributed by atoms with E-state index < -0.39 is 12.1 Å². The van der Waals surface area contributed by atoms with E-state index in [0.717, 1.165) is 16.6 Å². The van der Waals surface area contributed by atoms with Crippen molar-refractivity contribution >= 4 is 43.7 Å². The Labute approximate surface area is 229 Å². The highest BCUT2D eigenvalue weighted by molar-refractivity contribution is 9.10. The van der Waals surface area contributed by atoms with Crippen molar-refractivity contribution in [3.8, 4) is 0 Å². The lowest BCUT2D eigenvalue weighted by Gasteiger charge is -2.21. The molecule has 0 saturated carbocycles. The second-order valence-corrected chi connectivity index (χ2v) is 10.2. The van der Waals surface area contributed by atoms with Gasteiger partial charge >= 0.3 is 5.97 Å². The normalized spacial score (nSPS) is 12.1. The molecule has 0 aliphatic rings. The van der Waals surface area contributed by atoms with Gasteiger partial charge in [-0.25, -0.2) is 9.78 Å². The maximum Gasteiger partial charge on any atom is 0.340 e. The number of nitrogens with zero attached hydrogens (tertiary/aromatic N) is 2. The van der Waals surface area contributed by atoms with Crippen molar-refractivity contribution in [2.24, 2.45) is 0 Å². The molecule has 6 aromatic rings. The molecule has 38 heavy (non-hydrogen) atoms. The zero-order valence-electron chi connectivity index (χ0n) is 20.8. The van der Waals surface area contributed by atoms with Crippen LogP contribution in [0.3, 0.4) is 0 Å². The van der Waals surface area contributed by atoms with Crippen LogP contribution >= 0.6 is 15.9 Å². The molecule has 4 nitrogen and oxygen atoms in total. The number of ether oxygens (including phenoxy) is 1. The van der Waals surface area contributed by atoms with Crippen LogP contribution in [0.25, 0.3) is 21.8 Å². The monoisotopic (exact) mass is 560 g/mol. The van der Waals surface area contributed by atoms with E-state index in [9.17, 15) is 4.79 Å². The van der Waals surface area contributed by atoms with Crippen molar-refractivity contribution in [2.45, 2.75) is 19.6 Å². The fraction of sp³-hybridized carbons (Fsp3) is 0.0909. The number of halogens is 1. The topological polar surface area (TPSA) is 44.1 Å². The summed E-state index contributed by atoms with van der Waals surface area (Å²) in [6, 6.07) is 38.0. The van der Waals surface area contributed by atoms with Gasteiger partial charge in [0, 0.05) is 10.0 Å². The number of para-hydroxylation sites is 2. The summed E-state index contributed by atoms with van der Waals surface area (Å²) in [7, 11) is 0. The van der Waals surface area contributed by atoms with Crippen molar-refractivity contribution in [3.63, 3.8) is 0 Å². The standard InChI is InChI=1S/C33H25BrN2O2/c1-22-19-20-23-11-5-6-14-25(23)27(22)21-36-30-18-10-9-17-29(30)35-32(36)31(24-12-3-2-4-13-24)38-33(37)26-15-7-8-16-28(26)34/h2-20,31H,21H2,1H3/t31-/m0/s1. The first-order valence-corrected chi connectivity index (χ1v) is 13.3. The zero-order chi connectivity index (χ0) is 26.1. The number of aryl methyl sites for hydroxylation is 1. The summed E-state index contributed by atoms with van der Waals surface area (Å²) in [6.45, 7) is 2.74. The average molecular weight is 561 g/mol. The van der Waals surface area contributed by atoms with Crippen LogP contribution in [0.2, 0.25) is 0 Å². The van der Waals surface area contributed by atoms with E-state index in [-0.39, 0.29) is 0 Å². The van der Waals surface area contributed by atoms with Gasteiger partial charge in [0.1, 0.15) is 0 Å². The molecule has 0 aliphatic carbocycles. The fourth-order valence-electron chi connectivity index (χ4n) is 4.97. The summed E-state index contributed by atoms with van der Waals surface area (Å²) in [5, 5.41) is 2.40. The van der Waals surface area contributed by atoms with Crippen LogP contribution in [-0.2, 0) is 11.3 Å². The molecular formula is C33H25BrN2O2. The Bertz CT molecular complexity index is 1780. The lowest BCUT2D eigenvalue weighted by atomic mass is 9.99. The largest absolute Gasteiger partial charge is 0.446 e. The van der Waals surface area contributed by atoms with Gasteiger partial charge in [0.25, 0.3) is 0 Å². The summed E-state index contributed by atoms with van der Waals surface area (Å²) >= 11 is 3.50. The van der Waals surface area contributed by atoms with Gasteiger partial charge in [-0.3, -0.25) is 0 Å². The molecule has 1 atom stereocenters. The highest BCUT2D eigenvalue weighted by Gasteiger charge is 2.27. The quantitative estimate of drug-likeness (QED) is 0.192. The molecule has 0 aliphatic heterocycles. The van der Waals surface area contributed by atoms with Gasteiger partial charge in [-0.1, -0.05) is 91.0 Å². The van der Waals surface area contributed by atoms with Crippen LogP contribution < -0.4 is 0 Å². The van der Waals surface area contributed by atoms with Gasteiger partial charge < -0.3 is 9.30 Å². The summed E-state index contributed by atoms with van der Waals surface area (Å²) in [5.74, 6) is 0.274. The number of hydrogen-bond acceptors (Lipinski definition) is 3. The first-order chi connectivity index (χ1) is 18.6. The first kappa shape index (κ1) is 24.1. The van der Waals surface area contributed by atoms with Crippen LogP contribution in [0.15, 0.2) is 120 Å². The minimum atomic E-state index is -0.696. The van der Waals surface area contributed by atoms with E-state index in [0.29, 0.717) is 22.4 Å². The van der Waals surface area contributed by atoms with Crippen LogP contribution in [-0.4, -0.2) is 15.5 Å². The molecule has 0 saturated heterocycles. The molecule has 5 aromatic carbocycles. The predicted molar refractivity (Wildman–Crippen MR) is 155 cm³/mol. The Morgan fingerprint density at radius 3 is 2.39 bits per heavy atom. The molecule has 0 radical (unpaired) electrons. The average Bonchev–Trinajstić information content (AvgIpc) is 3.32. The van der Waals surface area contributed by atoms with Crippen LogP contribution in [0, 0.1) is 6.92 Å². The number of imidazole rings is 1. The van der Waals surface area contributed by atoms with Gasteiger partial charge in [0.05, 0.1) is 23.1 Å². The first-order valence-electron chi connectivity index (χ1n) is 12.5. The van der Waals surface area contributed by atoms with Crippen LogP contribution in [0.4, 0.5) is 0 Å². The molecule has 186 valence electrons. The number of hydrogen-bond donors (Lipinski definition) is 0. The molecule has 0 bridgehead atoms. The third kappa shape index (κ3) is 4.50. The number of esters is 1. The molecule has 0 unspecified atom stereocenters. The Morgan fingerprint density at radius 2 is 1.55 bits per heavy atom. The lowest BCUT2D eigenvalue weighted by Crippen LogP contribution is -2.18. The highest BCUT2D eigenvalue weighted by atomic mass is 79.9. The van der Waals surface area contributed by atoms with E-state index in [2.05, 4.69) is 69.9 Å². The van der Waals surface area contributed by atoms with E-state index in [4.69, 9.17) is 9.72 Å². The summed E-state index contributed by atoms with van der Waals surface area (Å²) in [5.41, 5.74) is 5.61. The molecule has 0 fully saturated rings. The fourth-order valence-corrected chi connectivity index (χ4v) is 5.41. The van der Waals surface area contributed by atoms with Crippen LogP contribution in [0.1, 0.15) is 39.0 Å². The smallest absolute Gasteiger partial charge is 0.340 e. The number of carbonyl (C=O) groups excluding carboxylic acids is 1. The number of benzene rings is 5. The van der Waals surface area contributed by atoms with Gasteiger partial charge in [-0.2, -0.15) is 0 Å². The van der Waals surface area contributed by atoms with Crippen molar-refractivity contribution in [3.05, 3.63) is 148 Å². The number of fused-ring (bicyclic) bond motifs is 2. The van der Waals surface area contributed by atoms with Gasteiger partial charge in [-0.15, -0.1) is 0 Å². The van der Waals surface area contributed by atoms with Crippen molar-refractivity contribution in [1.82, 2.24) is 9.55 Å². The Kier molecular flexibility index (Phi) is 6.52. The molecule has 0 N–H and O–H groups in total. The molecule has 5 heteroatoms. The summed E-state index contributed by atoms with van der Waals surface area (Å²) in [4.78, 5) is 18.5. The maximum atomic E-state index is 13.4. The highest BCUT2D eigenvalue weighted by Crippen LogP contribution is 2.33. The Morgan fingerprint density at radius 1 is 0.842 bits per heavy atom. The predicted octanol–water partition coefficient (Wildman–Crippen LogP) is 8.26. The van der Waals surface area contributed by atoms with Crippen molar-refractivity contribution in [2.75, 3.05) is 0 Å². The van der Waals surface area contributed by atoms with Gasteiger partial charge in [0.2, 0.25) is 0 Å². The number of rotatable bonds is 6. The number of aromatic nitrogens is 2. The van der Waals surface area contributed by atoms with E-state index in [1.165, 1.54) is 21.9 Å². The molecular weight excluding hydrogens is 536 g/mol. The van der Waals surface area contributed by atoms with Crippen LogP contribution in [0.5, 0.6) is 0 Å². The SMILES string of the molecule is Cc1ccc2ccccc2c1Cn1c([C@@H](OC(=O)c2ccccc2Br)c2ccccc2)nc2ccccc21. The van der Waals surface area contributed by atoms with Gasteiger partial charge in [-0.05, 0) is 69.0 Å². The van der Waals surface area contributed by atoms with Gasteiger partial charge in [0.15, 0.2) is 11.9 Å². The summed E-state index contributed by atoms with van der Waals surface area (Å²) in [6.07, 6.45) is -0.696. The Balaban J connectivity index is 1.53. The Hall–Kier alpha value is -4.22. The van der Waals surface area contributed by atoms with E-state index >= 15 is 0 Å². The van der Waals surface area contributed by atoms with E-state index in [1.807, 2.05) is 66.7 Å². The van der Waals surface area contributed by atoms with E-state index in [1.54, 1.807) is 6.07 Å². The second-order valence-electron chi connectivity index (χ2n) is 9.30. The number of carbonyl (C=O) groups is 1. The second kappa shape index (κ2) is 10.3. The maximum absolute atomic E-state index is 13.4.